The first kappa shape index (κ1) is 17.3. The molecule has 3 aromatic carbocycles. The van der Waals surface area contributed by atoms with Gasteiger partial charge in [-0.05, 0) is 37.0 Å². The molecule has 142 valence electrons. The molecular weight excluding hydrogens is 370 g/mol. The van der Waals surface area contributed by atoms with Crippen molar-refractivity contribution in [2.75, 3.05) is 4.72 Å². The largest absolute Gasteiger partial charge is 0.460 e. The minimum Gasteiger partial charge on any atom is -0.460 e. The normalized spacial score (nSPS) is 17.0. The first-order valence-electron chi connectivity index (χ1n) is 9.57. The summed E-state index contributed by atoms with van der Waals surface area (Å²) in [7, 11) is -3.67. The molecule has 0 bridgehead atoms. The molecule has 4 aromatic rings. The molecule has 1 aliphatic carbocycles. The summed E-state index contributed by atoms with van der Waals surface area (Å²) < 4.78 is 34.9. The van der Waals surface area contributed by atoms with Gasteiger partial charge in [0.1, 0.15) is 11.3 Å². The Hall–Kier alpha value is -2.79. The van der Waals surface area contributed by atoms with E-state index < -0.39 is 10.0 Å². The van der Waals surface area contributed by atoms with E-state index in [0.29, 0.717) is 11.6 Å². The fraction of sp³-hybridized carbons (Fsp3) is 0.217. The quantitative estimate of drug-likeness (QED) is 0.501. The molecular formula is C23H21NO3S. The van der Waals surface area contributed by atoms with Crippen LogP contribution < -0.4 is 4.72 Å². The topological polar surface area (TPSA) is 59.3 Å². The molecule has 0 amide bonds. The molecule has 0 saturated carbocycles. The van der Waals surface area contributed by atoms with Crippen molar-refractivity contribution in [3.05, 3.63) is 72.0 Å². The Morgan fingerprint density at radius 1 is 0.964 bits per heavy atom. The smallest absolute Gasteiger partial charge is 0.261 e. The van der Waals surface area contributed by atoms with Crippen molar-refractivity contribution in [3.8, 4) is 0 Å². The third kappa shape index (κ3) is 2.78. The van der Waals surface area contributed by atoms with E-state index in [9.17, 15) is 8.42 Å². The molecule has 0 saturated heterocycles. The van der Waals surface area contributed by atoms with E-state index >= 15 is 0 Å². The van der Waals surface area contributed by atoms with Gasteiger partial charge in [-0.2, -0.15) is 0 Å². The van der Waals surface area contributed by atoms with Gasteiger partial charge in [-0.3, -0.25) is 4.72 Å². The van der Waals surface area contributed by atoms with Crippen LogP contribution in [0.25, 0.3) is 21.7 Å². The Morgan fingerprint density at radius 2 is 1.68 bits per heavy atom. The zero-order chi connectivity index (χ0) is 19.3. The van der Waals surface area contributed by atoms with Gasteiger partial charge in [-0.25, -0.2) is 8.42 Å². The molecule has 4 nitrogen and oxygen atoms in total. The van der Waals surface area contributed by atoms with Crippen LogP contribution in [0.3, 0.4) is 0 Å². The fourth-order valence-corrected chi connectivity index (χ4v) is 5.25. The van der Waals surface area contributed by atoms with Crippen LogP contribution in [0.4, 0.5) is 5.69 Å². The molecule has 0 unspecified atom stereocenters. The Morgan fingerprint density at radius 3 is 2.46 bits per heavy atom. The number of benzene rings is 3. The van der Waals surface area contributed by atoms with Gasteiger partial charge in [0.2, 0.25) is 0 Å². The number of hydrogen-bond acceptors (Lipinski definition) is 3. The van der Waals surface area contributed by atoms with Crippen LogP contribution in [0.1, 0.15) is 24.7 Å². The third-order valence-corrected chi connectivity index (χ3v) is 6.98. The predicted molar refractivity (Wildman–Crippen MR) is 112 cm³/mol. The zero-order valence-corrected chi connectivity index (χ0v) is 16.4. The van der Waals surface area contributed by atoms with E-state index in [2.05, 4.69) is 11.6 Å². The molecule has 28 heavy (non-hydrogen) atoms. The summed E-state index contributed by atoms with van der Waals surface area (Å²) in [4.78, 5) is 0.252. The second kappa shape index (κ2) is 6.38. The van der Waals surface area contributed by atoms with Crippen molar-refractivity contribution in [1.29, 1.82) is 0 Å². The molecule has 5 rings (SSSR count). The van der Waals surface area contributed by atoms with Crippen molar-refractivity contribution in [2.24, 2.45) is 5.92 Å². The average molecular weight is 391 g/mol. The van der Waals surface area contributed by atoms with E-state index in [4.69, 9.17) is 4.42 Å². The van der Waals surface area contributed by atoms with Crippen LogP contribution in [-0.2, 0) is 22.9 Å². The lowest BCUT2D eigenvalue weighted by Gasteiger charge is -2.17. The highest BCUT2D eigenvalue weighted by molar-refractivity contribution is 7.92. The van der Waals surface area contributed by atoms with Crippen LogP contribution in [0.15, 0.2) is 70.0 Å². The maximum atomic E-state index is 12.9. The van der Waals surface area contributed by atoms with E-state index in [-0.39, 0.29) is 4.90 Å². The molecule has 0 fully saturated rings. The first-order valence-corrected chi connectivity index (χ1v) is 11.0. The lowest BCUT2D eigenvalue weighted by atomic mass is 9.87. The minimum absolute atomic E-state index is 0.252. The minimum atomic E-state index is -3.67. The highest BCUT2D eigenvalue weighted by atomic mass is 32.2. The monoisotopic (exact) mass is 391 g/mol. The Bertz CT molecular complexity index is 1290. The van der Waals surface area contributed by atoms with Crippen LogP contribution >= 0.6 is 0 Å². The molecule has 1 heterocycles. The standard InChI is InChI=1S/C23H21NO3S/c1-15-11-12-22-19(13-15)20-14-21(17-9-5-6-10-18(17)23(20)27-22)24-28(25,26)16-7-3-2-4-8-16/h2-10,14-15,24H,11-13H2,1H3/t15-/m1/s1. The van der Waals surface area contributed by atoms with Crippen molar-refractivity contribution in [2.45, 2.75) is 31.1 Å². The Kier molecular flexibility index (Phi) is 3.95. The second-order valence-electron chi connectivity index (χ2n) is 7.62. The van der Waals surface area contributed by atoms with Crippen LogP contribution in [0.2, 0.25) is 0 Å². The van der Waals surface area contributed by atoms with Crippen molar-refractivity contribution < 1.29 is 12.8 Å². The number of anilines is 1. The molecule has 1 aromatic heterocycles. The summed E-state index contributed by atoms with van der Waals surface area (Å²) in [6, 6.07) is 18.2. The van der Waals surface area contributed by atoms with Crippen molar-refractivity contribution >= 4 is 37.5 Å². The Labute approximate surface area is 164 Å². The molecule has 0 aliphatic heterocycles. The molecule has 1 aliphatic rings. The van der Waals surface area contributed by atoms with E-state index in [1.807, 2.05) is 30.3 Å². The third-order valence-electron chi connectivity index (χ3n) is 5.60. The van der Waals surface area contributed by atoms with Crippen LogP contribution in [0.5, 0.6) is 0 Å². The fourth-order valence-electron chi connectivity index (χ4n) is 4.16. The summed E-state index contributed by atoms with van der Waals surface area (Å²) in [5, 5.41) is 2.80. The molecule has 1 atom stereocenters. The Balaban J connectivity index is 1.73. The summed E-state index contributed by atoms with van der Waals surface area (Å²) in [6.07, 6.45) is 3.02. The number of sulfonamides is 1. The number of fused-ring (bicyclic) bond motifs is 5. The van der Waals surface area contributed by atoms with E-state index in [0.717, 1.165) is 46.8 Å². The number of aryl methyl sites for hydroxylation is 1. The number of nitrogens with one attached hydrogen (secondary N) is 1. The van der Waals surface area contributed by atoms with E-state index in [1.165, 1.54) is 5.56 Å². The van der Waals surface area contributed by atoms with Gasteiger partial charge >= 0.3 is 0 Å². The maximum absolute atomic E-state index is 12.9. The highest BCUT2D eigenvalue weighted by Crippen LogP contribution is 2.40. The van der Waals surface area contributed by atoms with Gasteiger partial charge in [0.15, 0.2) is 0 Å². The molecule has 0 spiro atoms. The predicted octanol–water partition coefficient (Wildman–Crippen LogP) is 5.51. The summed E-state index contributed by atoms with van der Waals surface area (Å²) >= 11 is 0. The van der Waals surface area contributed by atoms with Crippen LogP contribution in [-0.4, -0.2) is 8.42 Å². The lowest BCUT2D eigenvalue weighted by Crippen LogP contribution is -2.13. The molecule has 5 heteroatoms. The second-order valence-corrected chi connectivity index (χ2v) is 9.30. The SMILES string of the molecule is C[C@@H]1CCc2oc3c(cc(NS(=O)(=O)c4ccccc4)c4ccccc43)c2C1. The van der Waals surface area contributed by atoms with Gasteiger partial charge in [0.05, 0.1) is 10.6 Å². The average Bonchev–Trinajstić information content (AvgIpc) is 3.07. The summed E-state index contributed by atoms with van der Waals surface area (Å²) in [6.45, 7) is 2.25. The van der Waals surface area contributed by atoms with Gasteiger partial charge in [0, 0.05) is 28.1 Å². The number of furan rings is 1. The first-order chi connectivity index (χ1) is 13.5. The van der Waals surface area contributed by atoms with Crippen molar-refractivity contribution in [3.63, 3.8) is 0 Å². The number of hydrogen-bond donors (Lipinski definition) is 1. The van der Waals surface area contributed by atoms with Gasteiger partial charge in [-0.15, -0.1) is 0 Å². The zero-order valence-electron chi connectivity index (χ0n) is 15.6. The lowest BCUT2D eigenvalue weighted by molar-refractivity contribution is 0.439. The van der Waals surface area contributed by atoms with Crippen molar-refractivity contribution in [1.82, 2.24) is 0 Å². The maximum Gasteiger partial charge on any atom is 0.261 e. The number of rotatable bonds is 3. The van der Waals surface area contributed by atoms with Gasteiger partial charge < -0.3 is 4.42 Å². The molecule has 0 radical (unpaired) electrons. The summed E-state index contributed by atoms with van der Waals surface area (Å²) in [5.41, 5.74) is 2.67. The van der Waals surface area contributed by atoms with Gasteiger partial charge in [-0.1, -0.05) is 49.4 Å². The van der Waals surface area contributed by atoms with Crippen LogP contribution in [0, 0.1) is 5.92 Å². The van der Waals surface area contributed by atoms with E-state index in [1.54, 1.807) is 30.3 Å². The van der Waals surface area contributed by atoms with Gasteiger partial charge in [0.25, 0.3) is 10.0 Å². The summed E-state index contributed by atoms with van der Waals surface area (Å²) in [5.74, 6) is 1.64. The molecule has 1 N–H and O–H groups in total. The highest BCUT2D eigenvalue weighted by Gasteiger charge is 2.24.